The number of benzene rings is 1. The Hall–Kier alpha value is -1.86. The maximum Gasteiger partial charge on any atom is 0.416 e. The Kier molecular flexibility index (Phi) is 3.92. The highest BCUT2D eigenvalue weighted by Gasteiger charge is 2.35. The summed E-state index contributed by atoms with van der Waals surface area (Å²) in [5.74, 6) is 0. The molecule has 1 aromatic carbocycles. The van der Waals surface area contributed by atoms with Gasteiger partial charge in [0.25, 0.3) is 0 Å². The van der Waals surface area contributed by atoms with Gasteiger partial charge in [0.2, 0.25) is 0 Å². The van der Waals surface area contributed by atoms with Crippen LogP contribution in [0.4, 0.5) is 13.2 Å². The predicted molar refractivity (Wildman–Crippen MR) is 71.7 cm³/mol. The van der Waals surface area contributed by atoms with E-state index in [0.717, 1.165) is 12.1 Å². The molecule has 0 radical (unpaired) electrons. The van der Waals surface area contributed by atoms with Crippen molar-refractivity contribution >= 4 is 0 Å². The third-order valence-electron chi connectivity index (χ3n) is 3.84. The van der Waals surface area contributed by atoms with E-state index >= 15 is 0 Å². The van der Waals surface area contributed by atoms with Crippen molar-refractivity contribution in [1.82, 2.24) is 10.1 Å². The molecule has 1 fully saturated rings. The molecule has 2 atom stereocenters. The first-order chi connectivity index (χ1) is 10.4. The van der Waals surface area contributed by atoms with Crippen LogP contribution in [0.5, 0.6) is 0 Å². The number of alkyl halides is 3. The first kappa shape index (κ1) is 15.1. The summed E-state index contributed by atoms with van der Waals surface area (Å²) in [6, 6.07) is 6.70. The van der Waals surface area contributed by atoms with Gasteiger partial charge in [-0.05, 0) is 24.1 Å². The van der Waals surface area contributed by atoms with Gasteiger partial charge in [-0.3, -0.25) is 4.90 Å². The molecule has 4 nitrogen and oxygen atoms in total. The largest absolute Gasteiger partial charge is 0.416 e. The fraction of sp³-hybridized carbons (Fsp3) is 0.400. The van der Waals surface area contributed by atoms with Crippen molar-refractivity contribution in [2.24, 2.45) is 0 Å². The molecule has 1 aliphatic heterocycles. The smallest absolute Gasteiger partial charge is 0.392 e. The molecule has 0 aliphatic carbocycles. The van der Waals surface area contributed by atoms with Crippen molar-refractivity contribution in [3.05, 3.63) is 53.4 Å². The van der Waals surface area contributed by atoms with E-state index in [1.807, 2.05) is 4.90 Å². The summed E-state index contributed by atoms with van der Waals surface area (Å²) in [6.45, 7) is 0.822. The van der Waals surface area contributed by atoms with Crippen LogP contribution in [-0.2, 0) is 12.7 Å². The summed E-state index contributed by atoms with van der Waals surface area (Å²) < 4.78 is 43.3. The predicted octanol–water partition coefficient (Wildman–Crippen LogP) is 3.00. The number of hydrogen-bond donors (Lipinski definition) is 1. The normalized spacial score (nSPS) is 23.1. The van der Waals surface area contributed by atoms with Gasteiger partial charge in [-0.15, -0.1) is 0 Å². The van der Waals surface area contributed by atoms with Crippen LogP contribution < -0.4 is 0 Å². The van der Waals surface area contributed by atoms with Gasteiger partial charge in [0.05, 0.1) is 17.4 Å². The molecule has 0 amide bonds. The molecule has 3 rings (SSSR count). The SMILES string of the molecule is OC1CC(c2cccc(C(F)(F)F)c2)N(Cc2ccon2)C1. The van der Waals surface area contributed by atoms with E-state index < -0.39 is 17.8 Å². The molecule has 1 N–H and O–H groups in total. The Balaban J connectivity index is 1.85. The highest BCUT2D eigenvalue weighted by Crippen LogP contribution is 2.36. The van der Waals surface area contributed by atoms with Crippen molar-refractivity contribution in [3.63, 3.8) is 0 Å². The fourth-order valence-electron chi connectivity index (χ4n) is 2.85. The Bertz CT molecular complexity index is 628. The van der Waals surface area contributed by atoms with Gasteiger partial charge in [0.15, 0.2) is 0 Å². The quantitative estimate of drug-likeness (QED) is 0.946. The molecule has 0 saturated carbocycles. The molecule has 7 heteroatoms. The van der Waals surface area contributed by atoms with E-state index in [1.54, 1.807) is 12.1 Å². The number of β-amino-alcohol motifs (C(OH)–C–C–N with tert-alkyl or cyclic N) is 1. The third-order valence-corrected chi connectivity index (χ3v) is 3.84. The summed E-state index contributed by atoms with van der Waals surface area (Å²) in [7, 11) is 0. The van der Waals surface area contributed by atoms with Crippen molar-refractivity contribution in [1.29, 1.82) is 0 Å². The zero-order valence-electron chi connectivity index (χ0n) is 11.6. The van der Waals surface area contributed by atoms with Crippen molar-refractivity contribution in [2.45, 2.75) is 31.3 Å². The fourth-order valence-corrected chi connectivity index (χ4v) is 2.85. The van der Waals surface area contributed by atoms with Crippen LogP contribution in [0.3, 0.4) is 0 Å². The van der Waals surface area contributed by atoms with Crippen LogP contribution in [0.15, 0.2) is 41.1 Å². The molecule has 2 aromatic rings. The molecule has 0 bridgehead atoms. The monoisotopic (exact) mass is 312 g/mol. The lowest BCUT2D eigenvalue weighted by Crippen LogP contribution is -2.24. The number of aromatic nitrogens is 1. The van der Waals surface area contributed by atoms with Crippen molar-refractivity contribution in [3.8, 4) is 0 Å². The maximum atomic E-state index is 12.8. The van der Waals surface area contributed by atoms with E-state index in [9.17, 15) is 18.3 Å². The standard InChI is InChI=1S/C15H15F3N2O2/c16-15(17,18)11-3-1-2-10(6-11)14-7-13(21)9-20(14)8-12-4-5-22-19-12/h1-6,13-14,21H,7-9H2. The highest BCUT2D eigenvalue weighted by atomic mass is 19.4. The van der Waals surface area contributed by atoms with E-state index in [1.165, 1.54) is 12.3 Å². The third kappa shape index (κ3) is 3.15. The van der Waals surface area contributed by atoms with Crippen LogP contribution >= 0.6 is 0 Å². The van der Waals surface area contributed by atoms with Crippen LogP contribution in [-0.4, -0.2) is 27.8 Å². The first-order valence-corrected chi connectivity index (χ1v) is 6.92. The van der Waals surface area contributed by atoms with Gasteiger partial charge in [0.1, 0.15) is 6.26 Å². The summed E-state index contributed by atoms with van der Waals surface area (Å²) in [4.78, 5) is 1.91. The molecule has 2 unspecified atom stereocenters. The number of hydrogen-bond acceptors (Lipinski definition) is 4. The summed E-state index contributed by atoms with van der Waals surface area (Å²) in [5, 5.41) is 13.7. The van der Waals surface area contributed by atoms with Crippen molar-refractivity contribution in [2.75, 3.05) is 6.54 Å². The Morgan fingerprint density at radius 1 is 1.32 bits per heavy atom. The second kappa shape index (κ2) is 5.73. The number of nitrogens with zero attached hydrogens (tertiary/aromatic N) is 2. The molecular formula is C15H15F3N2O2. The van der Waals surface area contributed by atoms with Crippen molar-refractivity contribution < 1.29 is 22.8 Å². The Labute approximate surface area is 125 Å². The molecule has 1 saturated heterocycles. The second-order valence-electron chi connectivity index (χ2n) is 5.45. The molecular weight excluding hydrogens is 297 g/mol. The van der Waals surface area contributed by atoms with Gasteiger partial charge in [-0.1, -0.05) is 17.3 Å². The van der Waals surface area contributed by atoms with Gasteiger partial charge < -0.3 is 9.63 Å². The first-order valence-electron chi connectivity index (χ1n) is 6.92. The number of rotatable bonds is 3. The maximum absolute atomic E-state index is 12.8. The van der Waals surface area contributed by atoms with Crippen LogP contribution in [0.1, 0.15) is 29.3 Å². The van der Waals surface area contributed by atoms with Gasteiger partial charge in [-0.2, -0.15) is 13.2 Å². The van der Waals surface area contributed by atoms with E-state index in [2.05, 4.69) is 5.16 Å². The lowest BCUT2D eigenvalue weighted by Gasteiger charge is -2.24. The minimum absolute atomic E-state index is 0.269. The molecule has 22 heavy (non-hydrogen) atoms. The molecule has 2 heterocycles. The van der Waals surface area contributed by atoms with E-state index in [4.69, 9.17) is 4.52 Å². The summed E-state index contributed by atoms with van der Waals surface area (Å²) in [5.41, 5.74) is 0.564. The molecule has 118 valence electrons. The van der Waals surface area contributed by atoms with Gasteiger partial charge >= 0.3 is 6.18 Å². The number of halogens is 3. The van der Waals surface area contributed by atoms with Gasteiger partial charge in [0, 0.05) is 25.2 Å². The average Bonchev–Trinajstić information content (AvgIpc) is 3.08. The minimum Gasteiger partial charge on any atom is -0.392 e. The molecule has 1 aromatic heterocycles. The summed E-state index contributed by atoms with van der Waals surface area (Å²) >= 11 is 0. The van der Waals surface area contributed by atoms with E-state index in [0.29, 0.717) is 30.8 Å². The number of aliphatic hydroxyl groups is 1. The summed E-state index contributed by atoms with van der Waals surface area (Å²) in [6.07, 6.45) is -3.09. The van der Waals surface area contributed by atoms with Crippen LogP contribution in [0.2, 0.25) is 0 Å². The Morgan fingerprint density at radius 3 is 2.82 bits per heavy atom. The minimum atomic E-state index is -4.37. The average molecular weight is 312 g/mol. The van der Waals surface area contributed by atoms with Gasteiger partial charge in [-0.25, -0.2) is 0 Å². The zero-order chi connectivity index (χ0) is 15.7. The second-order valence-corrected chi connectivity index (χ2v) is 5.45. The molecule has 1 aliphatic rings. The number of aliphatic hydroxyl groups excluding tert-OH is 1. The zero-order valence-corrected chi connectivity index (χ0v) is 11.6. The number of likely N-dealkylation sites (tertiary alicyclic amines) is 1. The lowest BCUT2D eigenvalue weighted by atomic mass is 10.0. The van der Waals surface area contributed by atoms with Crippen LogP contribution in [0, 0.1) is 0 Å². The lowest BCUT2D eigenvalue weighted by molar-refractivity contribution is -0.137. The molecule has 0 spiro atoms. The van der Waals surface area contributed by atoms with E-state index in [-0.39, 0.29) is 6.04 Å². The Morgan fingerprint density at radius 2 is 2.14 bits per heavy atom. The highest BCUT2D eigenvalue weighted by molar-refractivity contribution is 5.29. The topological polar surface area (TPSA) is 49.5 Å². The van der Waals surface area contributed by atoms with Crippen LogP contribution in [0.25, 0.3) is 0 Å².